The molecule has 0 aliphatic carbocycles. The monoisotopic (exact) mass is 307 g/mol. The van der Waals surface area contributed by atoms with Gasteiger partial charge in [-0.15, -0.1) is 10.2 Å². The van der Waals surface area contributed by atoms with Gasteiger partial charge in [-0.3, -0.25) is 0 Å². The van der Waals surface area contributed by atoms with E-state index >= 15 is 0 Å². The Kier molecular flexibility index (Phi) is 3.97. The minimum atomic E-state index is -1.03. The van der Waals surface area contributed by atoms with Crippen molar-refractivity contribution < 1.29 is 14.6 Å². The molecule has 2 aromatic carbocycles. The second-order valence-corrected chi connectivity index (χ2v) is 4.75. The number of carboxylic acid groups (broad SMARTS) is 1. The maximum Gasteiger partial charge on any atom is 0.337 e. The second-order valence-electron chi connectivity index (χ2n) is 4.75. The van der Waals surface area contributed by atoms with Gasteiger partial charge in [-0.2, -0.15) is 0 Å². The van der Waals surface area contributed by atoms with Gasteiger partial charge in [-0.05, 0) is 23.6 Å². The highest BCUT2D eigenvalue weighted by Crippen LogP contribution is 2.36. The highest BCUT2D eigenvalue weighted by molar-refractivity contribution is 5.92. The number of carbonyl (C=O) groups is 1. The van der Waals surface area contributed by atoms with E-state index in [1.165, 1.54) is 18.3 Å². The fourth-order valence-corrected chi connectivity index (χ4v) is 2.20. The Morgan fingerprint density at radius 2 is 1.91 bits per heavy atom. The first-order chi connectivity index (χ1) is 11.2. The normalized spacial score (nSPS) is 11.0. The van der Waals surface area contributed by atoms with Crippen molar-refractivity contribution in [2.75, 3.05) is 7.11 Å². The highest BCUT2D eigenvalue weighted by Gasteiger charge is 2.07. The summed E-state index contributed by atoms with van der Waals surface area (Å²) in [5.74, 6) is -0.0728. The Hall–Kier alpha value is -3.28. The van der Waals surface area contributed by atoms with Crippen LogP contribution in [0.1, 0.15) is 10.4 Å². The van der Waals surface area contributed by atoms with Gasteiger partial charge in [0.15, 0.2) is 11.6 Å². The number of benzene rings is 2. The molecule has 0 aliphatic rings. The number of rotatable bonds is 4. The van der Waals surface area contributed by atoms with E-state index in [1.807, 2.05) is 36.4 Å². The molecule has 23 heavy (non-hydrogen) atoms. The molecular formula is C17H13N3O3. The maximum absolute atomic E-state index is 10.8. The molecule has 1 N–H and O–H groups in total. The molecule has 0 unspecified atom stereocenters. The number of aromatic nitrogens is 1. The third-order valence-electron chi connectivity index (χ3n) is 3.32. The summed E-state index contributed by atoms with van der Waals surface area (Å²) in [7, 11) is 1.58. The SMILES string of the molecule is COc1c(N=Nc2ccc(C(=O)O)cn2)ccc2ccccc12. The van der Waals surface area contributed by atoms with Gasteiger partial charge in [0.25, 0.3) is 0 Å². The standard InChI is InChI=1S/C17H13N3O3/c1-23-16-13-5-3-2-4-11(13)6-8-14(16)19-20-15-9-7-12(10-18-15)17(21)22/h2-10H,1H3,(H,21,22). The van der Waals surface area contributed by atoms with E-state index in [2.05, 4.69) is 15.2 Å². The smallest absolute Gasteiger partial charge is 0.337 e. The molecule has 114 valence electrons. The van der Waals surface area contributed by atoms with E-state index in [1.54, 1.807) is 7.11 Å². The number of nitrogens with zero attached hydrogens (tertiary/aromatic N) is 3. The van der Waals surface area contributed by atoms with Gasteiger partial charge >= 0.3 is 5.97 Å². The largest absolute Gasteiger partial charge is 0.494 e. The fraction of sp³-hybridized carbons (Fsp3) is 0.0588. The molecule has 3 aromatic rings. The lowest BCUT2D eigenvalue weighted by molar-refractivity contribution is 0.0696. The van der Waals surface area contributed by atoms with Crippen LogP contribution in [-0.2, 0) is 0 Å². The summed E-state index contributed by atoms with van der Waals surface area (Å²) in [6.45, 7) is 0. The van der Waals surface area contributed by atoms with Crippen LogP contribution in [0.2, 0.25) is 0 Å². The van der Waals surface area contributed by atoms with Crippen LogP contribution in [-0.4, -0.2) is 23.2 Å². The average Bonchev–Trinajstić information content (AvgIpc) is 2.59. The zero-order chi connectivity index (χ0) is 16.2. The lowest BCUT2D eigenvalue weighted by Gasteiger charge is -2.07. The van der Waals surface area contributed by atoms with Crippen molar-refractivity contribution >= 4 is 28.2 Å². The zero-order valence-corrected chi connectivity index (χ0v) is 12.3. The third kappa shape index (κ3) is 3.01. The number of azo groups is 1. The van der Waals surface area contributed by atoms with Crippen LogP contribution < -0.4 is 4.74 Å². The minimum Gasteiger partial charge on any atom is -0.494 e. The number of methoxy groups -OCH3 is 1. The van der Waals surface area contributed by atoms with E-state index in [0.717, 1.165) is 10.8 Å². The van der Waals surface area contributed by atoms with Gasteiger partial charge < -0.3 is 9.84 Å². The molecule has 0 saturated carbocycles. The summed E-state index contributed by atoms with van der Waals surface area (Å²) in [6, 6.07) is 14.5. The number of ether oxygens (including phenoxy) is 1. The number of hydrogen-bond acceptors (Lipinski definition) is 5. The van der Waals surface area contributed by atoms with Gasteiger partial charge in [0.1, 0.15) is 5.69 Å². The highest BCUT2D eigenvalue weighted by atomic mass is 16.5. The molecule has 1 heterocycles. The quantitative estimate of drug-likeness (QED) is 0.726. The molecule has 0 atom stereocenters. The Balaban J connectivity index is 1.95. The predicted molar refractivity (Wildman–Crippen MR) is 85.9 cm³/mol. The molecule has 0 spiro atoms. The van der Waals surface area contributed by atoms with Gasteiger partial charge in [-0.25, -0.2) is 9.78 Å². The van der Waals surface area contributed by atoms with Crippen LogP contribution in [0.3, 0.4) is 0 Å². The summed E-state index contributed by atoms with van der Waals surface area (Å²) >= 11 is 0. The number of pyridine rings is 1. The van der Waals surface area contributed by atoms with Crippen molar-refractivity contribution in [1.82, 2.24) is 4.98 Å². The Bertz CT molecular complexity index is 889. The van der Waals surface area contributed by atoms with Crippen LogP contribution in [0.15, 0.2) is 65.0 Å². The summed E-state index contributed by atoms with van der Waals surface area (Å²) in [5.41, 5.74) is 0.683. The van der Waals surface area contributed by atoms with Crippen molar-refractivity contribution in [1.29, 1.82) is 0 Å². The van der Waals surface area contributed by atoms with Gasteiger partial charge in [-0.1, -0.05) is 30.3 Å². The Labute approximate surface area is 132 Å². The summed E-state index contributed by atoms with van der Waals surface area (Å²) in [6.07, 6.45) is 1.24. The van der Waals surface area contributed by atoms with Crippen molar-refractivity contribution in [3.63, 3.8) is 0 Å². The second kappa shape index (κ2) is 6.23. The van der Waals surface area contributed by atoms with E-state index in [9.17, 15) is 4.79 Å². The lowest BCUT2D eigenvalue weighted by atomic mass is 10.1. The molecule has 0 bridgehead atoms. The van der Waals surface area contributed by atoms with Crippen molar-refractivity contribution in [3.8, 4) is 5.75 Å². The van der Waals surface area contributed by atoms with Crippen molar-refractivity contribution in [3.05, 3.63) is 60.3 Å². The first-order valence-electron chi connectivity index (χ1n) is 6.86. The molecule has 1 aromatic heterocycles. The van der Waals surface area contributed by atoms with E-state index < -0.39 is 5.97 Å². The number of aromatic carboxylic acids is 1. The predicted octanol–water partition coefficient (Wildman–Crippen LogP) is 4.36. The summed E-state index contributed by atoms with van der Waals surface area (Å²) in [4.78, 5) is 14.7. The first-order valence-corrected chi connectivity index (χ1v) is 6.86. The number of hydrogen-bond donors (Lipinski definition) is 1. The molecule has 0 amide bonds. The van der Waals surface area contributed by atoms with Crippen LogP contribution in [0, 0.1) is 0 Å². The lowest BCUT2D eigenvalue weighted by Crippen LogP contribution is -1.95. The molecule has 0 aliphatic heterocycles. The molecule has 3 rings (SSSR count). The molecule has 0 saturated heterocycles. The maximum atomic E-state index is 10.8. The minimum absolute atomic E-state index is 0.104. The molecule has 6 nitrogen and oxygen atoms in total. The van der Waals surface area contributed by atoms with E-state index in [4.69, 9.17) is 9.84 Å². The van der Waals surface area contributed by atoms with Crippen LogP contribution in [0.5, 0.6) is 5.75 Å². The van der Waals surface area contributed by atoms with Gasteiger partial charge in [0.05, 0.1) is 12.7 Å². The van der Waals surface area contributed by atoms with Crippen LogP contribution in [0.25, 0.3) is 10.8 Å². The van der Waals surface area contributed by atoms with Crippen LogP contribution >= 0.6 is 0 Å². The first kappa shape index (κ1) is 14.6. The summed E-state index contributed by atoms with van der Waals surface area (Å²) in [5, 5.41) is 19.0. The Morgan fingerprint density at radius 1 is 1.09 bits per heavy atom. The van der Waals surface area contributed by atoms with E-state index in [-0.39, 0.29) is 5.56 Å². The Morgan fingerprint density at radius 3 is 2.61 bits per heavy atom. The molecular weight excluding hydrogens is 294 g/mol. The number of carboxylic acids is 1. The average molecular weight is 307 g/mol. The number of fused-ring (bicyclic) bond motifs is 1. The zero-order valence-electron chi connectivity index (χ0n) is 12.3. The third-order valence-corrected chi connectivity index (χ3v) is 3.32. The van der Waals surface area contributed by atoms with Crippen LogP contribution in [0.4, 0.5) is 11.5 Å². The van der Waals surface area contributed by atoms with Gasteiger partial charge in [0.2, 0.25) is 0 Å². The van der Waals surface area contributed by atoms with E-state index in [0.29, 0.717) is 17.3 Å². The molecule has 0 fully saturated rings. The molecule has 6 heteroatoms. The molecule has 0 radical (unpaired) electrons. The topological polar surface area (TPSA) is 84.1 Å². The summed E-state index contributed by atoms with van der Waals surface area (Å²) < 4.78 is 5.45. The fourth-order valence-electron chi connectivity index (χ4n) is 2.20. The van der Waals surface area contributed by atoms with Crippen molar-refractivity contribution in [2.24, 2.45) is 10.2 Å². The van der Waals surface area contributed by atoms with Gasteiger partial charge in [0, 0.05) is 11.6 Å². The van der Waals surface area contributed by atoms with Crippen molar-refractivity contribution in [2.45, 2.75) is 0 Å².